The van der Waals surface area contributed by atoms with Crippen LogP contribution in [-0.2, 0) is 11.2 Å². The van der Waals surface area contributed by atoms with Crippen molar-refractivity contribution in [3.8, 4) is 22.8 Å². The van der Waals surface area contributed by atoms with Crippen molar-refractivity contribution in [3.63, 3.8) is 0 Å². The molecule has 2 heterocycles. The highest BCUT2D eigenvalue weighted by atomic mass is 32.2. The Morgan fingerprint density at radius 2 is 1.86 bits per heavy atom. The molecule has 0 bridgehead atoms. The van der Waals surface area contributed by atoms with Gasteiger partial charge in [0.25, 0.3) is 0 Å². The number of nitrogens with one attached hydrogen (secondary N) is 1. The first kappa shape index (κ1) is 30.8. The SMILES string of the molecule is Cc1ccc(C)c(N2C(=O)CS/C2=N\C(=O)NCCCCc2cccc(-c3ncn(-c4ccc(OC(F)(F)F)cc4)n3)c2)c1. The average Bonchev–Trinajstić information content (AvgIpc) is 3.61. The number of ether oxygens (including phenoxy) is 1. The highest BCUT2D eigenvalue weighted by Gasteiger charge is 2.32. The summed E-state index contributed by atoms with van der Waals surface area (Å²) in [7, 11) is 0. The van der Waals surface area contributed by atoms with Crippen molar-refractivity contribution in [3.05, 3.63) is 89.7 Å². The summed E-state index contributed by atoms with van der Waals surface area (Å²) in [6.07, 6.45) is -0.943. The van der Waals surface area contributed by atoms with E-state index in [-0.39, 0.29) is 17.4 Å². The molecule has 1 fully saturated rings. The Bertz CT molecular complexity index is 1690. The summed E-state index contributed by atoms with van der Waals surface area (Å²) in [6, 6.07) is 18.5. The third-order valence-electron chi connectivity index (χ3n) is 6.75. The van der Waals surface area contributed by atoms with E-state index in [4.69, 9.17) is 0 Å². The molecule has 5 rings (SSSR count). The van der Waals surface area contributed by atoms with Gasteiger partial charge in [0.05, 0.1) is 17.1 Å². The molecular formula is C31H29F3N6O3S. The molecule has 3 amide bonds. The lowest BCUT2D eigenvalue weighted by Crippen LogP contribution is -2.32. The van der Waals surface area contributed by atoms with Gasteiger partial charge >= 0.3 is 12.4 Å². The van der Waals surface area contributed by atoms with E-state index < -0.39 is 12.4 Å². The smallest absolute Gasteiger partial charge is 0.406 e. The van der Waals surface area contributed by atoms with Gasteiger partial charge in [0.1, 0.15) is 12.1 Å². The van der Waals surface area contributed by atoms with Crippen LogP contribution in [0, 0.1) is 13.8 Å². The number of unbranched alkanes of at least 4 members (excludes halogenated alkanes) is 1. The number of aliphatic imine (C=N–C) groups is 1. The second kappa shape index (κ2) is 13.3. The number of hydrogen-bond acceptors (Lipinski definition) is 6. The summed E-state index contributed by atoms with van der Waals surface area (Å²) in [6.45, 7) is 4.31. The van der Waals surface area contributed by atoms with Gasteiger partial charge in [0, 0.05) is 12.1 Å². The molecule has 0 spiro atoms. The van der Waals surface area contributed by atoms with E-state index in [9.17, 15) is 22.8 Å². The van der Waals surface area contributed by atoms with E-state index in [2.05, 4.69) is 25.1 Å². The summed E-state index contributed by atoms with van der Waals surface area (Å²) in [5.41, 5.74) is 5.11. The van der Waals surface area contributed by atoms with Gasteiger partial charge in [-0.3, -0.25) is 9.69 Å². The Hall–Kier alpha value is -4.65. The lowest BCUT2D eigenvalue weighted by Gasteiger charge is -2.19. The third kappa shape index (κ3) is 7.84. The van der Waals surface area contributed by atoms with E-state index in [0.29, 0.717) is 23.2 Å². The van der Waals surface area contributed by atoms with Crippen LogP contribution in [-0.4, -0.2) is 50.5 Å². The Labute approximate surface area is 256 Å². The van der Waals surface area contributed by atoms with Crippen molar-refractivity contribution in [1.82, 2.24) is 20.1 Å². The minimum absolute atomic E-state index is 0.104. The summed E-state index contributed by atoms with van der Waals surface area (Å²) >= 11 is 1.25. The number of aryl methyl sites for hydroxylation is 3. The van der Waals surface area contributed by atoms with Crippen LogP contribution >= 0.6 is 11.8 Å². The number of carbonyl (C=O) groups is 2. The van der Waals surface area contributed by atoms with Crippen molar-refractivity contribution in [2.45, 2.75) is 39.5 Å². The number of amides is 3. The van der Waals surface area contributed by atoms with Gasteiger partial charge in [0.2, 0.25) is 5.91 Å². The molecule has 4 aromatic rings. The maximum atomic E-state index is 12.5. The number of aromatic nitrogens is 3. The van der Waals surface area contributed by atoms with Crippen LogP contribution < -0.4 is 15.0 Å². The van der Waals surface area contributed by atoms with Crippen molar-refractivity contribution in [2.24, 2.45) is 4.99 Å². The van der Waals surface area contributed by atoms with Crippen LogP contribution in [0.25, 0.3) is 17.1 Å². The molecule has 0 aliphatic carbocycles. The lowest BCUT2D eigenvalue weighted by molar-refractivity contribution is -0.274. The van der Waals surface area contributed by atoms with Crippen LogP contribution in [0.15, 0.2) is 78.0 Å². The molecule has 0 radical (unpaired) electrons. The lowest BCUT2D eigenvalue weighted by atomic mass is 10.0. The number of halogens is 3. The molecule has 1 aliphatic heterocycles. The first-order valence-electron chi connectivity index (χ1n) is 13.8. The number of carbonyl (C=O) groups excluding carboxylic acids is 2. The van der Waals surface area contributed by atoms with Crippen LogP contribution in [0.4, 0.5) is 23.7 Å². The van der Waals surface area contributed by atoms with Gasteiger partial charge in [-0.25, -0.2) is 14.5 Å². The van der Waals surface area contributed by atoms with E-state index in [0.717, 1.165) is 47.2 Å². The largest absolute Gasteiger partial charge is 0.573 e. The standard InChI is InChI=1S/C31H29F3N6O3S/c1-20-9-10-21(2)26(16-20)40-27(41)18-44-30(40)37-29(42)35-15-4-3-6-22-7-5-8-23(17-22)28-36-19-39(38-28)24-11-13-25(14-12-24)43-31(32,33)34/h5,7-14,16-17,19H,3-4,6,15,18H2,1-2H3,(H,35,42)/b37-30-. The Morgan fingerprint density at radius 3 is 2.64 bits per heavy atom. The summed E-state index contributed by atoms with van der Waals surface area (Å²) < 4.78 is 42.6. The number of nitrogens with zero attached hydrogens (tertiary/aromatic N) is 5. The maximum Gasteiger partial charge on any atom is 0.573 e. The zero-order chi connectivity index (χ0) is 31.3. The number of thioether (sulfide) groups is 1. The van der Waals surface area contributed by atoms with Crippen molar-refractivity contribution < 1.29 is 27.5 Å². The number of anilines is 1. The molecule has 228 valence electrons. The predicted octanol–water partition coefficient (Wildman–Crippen LogP) is 6.62. The molecule has 9 nitrogen and oxygen atoms in total. The van der Waals surface area contributed by atoms with Gasteiger partial charge in [-0.15, -0.1) is 18.3 Å². The summed E-state index contributed by atoms with van der Waals surface area (Å²) in [4.78, 5) is 35.1. The molecule has 1 N–H and O–H groups in total. The number of amidine groups is 1. The first-order chi connectivity index (χ1) is 21.1. The maximum absolute atomic E-state index is 12.5. The van der Waals surface area contributed by atoms with Crippen molar-refractivity contribution >= 4 is 34.6 Å². The second-order valence-corrected chi connectivity index (χ2v) is 11.1. The fraction of sp³-hybridized carbons (Fsp3) is 0.258. The second-order valence-electron chi connectivity index (χ2n) is 10.1. The summed E-state index contributed by atoms with van der Waals surface area (Å²) in [5, 5.41) is 7.65. The van der Waals surface area contributed by atoms with Gasteiger partial charge in [0.15, 0.2) is 11.0 Å². The van der Waals surface area contributed by atoms with Gasteiger partial charge in [-0.2, -0.15) is 4.99 Å². The number of benzene rings is 3. The molecule has 1 saturated heterocycles. The first-order valence-corrected chi connectivity index (χ1v) is 14.8. The van der Waals surface area contributed by atoms with Crippen molar-refractivity contribution in [2.75, 3.05) is 17.2 Å². The summed E-state index contributed by atoms with van der Waals surface area (Å²) in [5.74, 6) is 0.300. The quantitative estimate of drug-likeness (QED) is 0.211. The van der Waals surface area contributed by atoms with E-state index in [1.807, 2.05) is 56.3 Å². The number of hydrogen-bond donors (Lipinski definition) is 1. The predicted molar refractivity (Wildman–Crippen MR) is 163 cm³/mol. The van der Waals surface area contributed by atoms with E-state index in [1.165, 1.54) is 51.9 Å². The Kier molecular flexibility index (Phi) is 9.33. The molecule has 44 heavy (non-hydrogen) atoms. The van der Waals surface area contributed by atoms with Crippen molar-refractivity contribution in [1.29, 1.82) is 0 Å². The minimum Gasteiger partial charge on any atom is -0.406 e. The zero-order valence-corrected chi connectivity index (χ0v) is 24.8. The molecule has 0 saturated carbocycles. The number of urea groups is 1. The molecule has 0 unspecified atom stereocenters. The van der Waals surface area contributed by atoms with Crippen LogP contribution in [0.1, 0.15) is 29.5 Å². The molecular weight excluding hydrogens is 593 g/mol. The monoisotopic (exact) mass is 622 g/mol. The molecule has 3 aromatic carbocycles. The zero-order valence-electron chi connectivity index (χ0n) is 24.0. The van der Waals surface area contributed by atoms with Gasteiger partial charge in [-0.1, -0.05) is 42.1 Å². The highest BCUT2D eigenvalue weighted by molar-refractivity contribution is 8.15. The fourth-order valence-electron chi connectivity index (χ4n) is 4.60. The van der Waals surface area contributed by atoms with Crippen LogP contribution in [0.5, 0.6) is 5.75 Å². The number of rotatable bonds is 9. The molecule has 0 atom stereocenters. The topological polar surface area (TPSA) is 102 Å². The Balaban J connectivity index is 1.11. The Morgan fingerprint density at radius 1 is 1.07 bits per heavy atom. The van der Waals surface area contributed by atoms with E-state index in [1.54, 1.807) is 0 Å². The average molecular weight is 623 g/mol. The highest BCUT2D eigenvalue weighted by Crippen LogP contribution is 2.30. The minimum atomic E-state index is -4.75. The van der Waals surface area contributed by atoms with Gasteiger partial charge in [-0.05, 0) is 86.2 Å². The van der Waals surface area contributed by atoms with Gasteiger partial charge < -0.3 is 10.1 Å². The fourth-order valence-corrected chi connectivity index (χ4v) is 5.46. The number of alkyl halides is 3. The van der Waals surface area contributed by atoms with Crippen LogP contribution in [0.3, 0.4) is 0 Å². The molecule has 1 aliphatic rings. The molecule has 13 heteroatoms. The van der Waals surface area contributed by atoms with Crippen LogP contribution in [0.2, 0.25) is 0 Å². The van der Waals surface area contributed by atoms with E-state index >= 15 is 0 Å². The third-order valence-corrected chi connectivity index (χ3v) is 7.67. The molecule has 1 aromatic heterocycles. The normalized spacial score (nSPS) is 14.3.